The number of aromatic nitrogens is 3. The second-order valence-electron chi connectivity index (χ2n) is 5.54. The van der Waals surface area contributed by atoms with Crippen molar-refractivity contribution < 1.29 is 9.53 Å². The highest BCUT2D eigenvalue weighted by Gasteiger charge is 2.33. The number of esters is 1. The van der Waals surface area contributed by atoms with Gasteiger partial charge in [-0.15, -0.1) is 0 Å². The number of hydrogen-bond acceptors (Lipinski definition) is 5. The van der Waals surface area contributed by atoms with Crippen molar-refractivity contribution in [2.75, 3.05) is 7.11 Å². The first-order valence-electron chi connectivity index (χ1n) is 7.52. The Morgan fingerprint density at radius 1 is 1.45 bits per heavy atom. The lowest BCUT2D eigenvalue weighted by molar-refractivity contribution is -0.145. The van der Waals surface area contributed by atoms with Gasteiger partial charge in [0.15, 0.2) is 0 Å². The number of nitrogens with zero attached hydrogens (tertiary/aromatic N) is 3. The molecule has 2 aromatic rings. The van der Waals surface area contributed by atoms with Crippen LogP contribution in [0.2, 0.25) is 0 Å². The van der Waals surface area contributed by atoms with Crippen LogP contribution in [0.25, 0.3) is 5.82 Å². The van der Waals surface area contributed by atoms with Crippen LogP contribution in [0, 0.1) is 5.92 Å². The van der Waals surface area contributed by atoms with Gasteiger partial charge in [-0.05, 0) is 24.5 Å². The van der Waals surface area contributed by atoms with Crippen LogP contribution < -0.4 is 5.32 Å². The third-order valence-corrected chi connectivity index (χ3v) is 4.17. The fourth-order valence-electron chi connectivity index (χ4n) is 2.96. The van der Waals surface area contributed by atoms with Crippen molar-refractivity contribution in [2.24, 2.45) is 5.92 Å². The SMILES string of the molecule is COC(=O)[C@@H]1CCC[C@H]1NCc1ccc(-n2ccnc2)nc1. The Hall–Kier alpha value is -2.21. The maximum atomic E-state index is 11.7. The van der Waals surface area contributed by atoms with Crippen LogP contribution in [0.3, 0.4) is 0 Å². The molecule has 2 atom stereocenters. The van der Waals surface area contributed by atoms with Gasteiger partial charge in [-0.1, -0.05) is 12.5 Å². The molecule has 2 heterocycles. The van der Waals surface area contributed by atoms with E-state index in [4.69, 9.17) is 4.74 Å². The molecule has 0 amide bonds. The summed E-state index contributed by atoms with van der Waals surface area (Å²) < 4.78 is 6.74. The minimum absolute atomic E-state index is 0.0248. The predicted octanol–water partition coefficient (Wildman–Crippen LogP) is 1.70. The molecule has 116 valence electrons. The average molecular weight is 300 g/mol. The molecule has 1 aliphatic carbocycles. The summed E-state index contributed by atoms with van der Waals surface area (Å²) in [5.74, 6) is 0.710. The molecule has 1 saturated carbocycles. The summed E-state index contributed by atoms with van der Waals surface area (Å²) in [5, 5.41) is 3.46. The maximum Gasteiger partial charge on any atom is 0.310 e. The highest BCUT2D eigenvalue weighted by Crippen LogP contribution is 2.26. The van der Waals surface area contributed by atoms with Crippen molar-refractivity contribution in [3.63, 3.8) is 0 Å². The largest absolute Gasteiger partial charge is 0.469 e. The summed E-state index contributed by atoms with van der Waals surface area (Å²) in [6.45, 7) is 0.704. The van der Waals surface area contributed by atoms with Crippen LogP contribution in [-0.4, -0.2) is 33.7 Å². The monoisotopic (exact) mass is 300 g/mol. The molecule has 6 heteroatoms. The second-order valence-corrected chi connectivity index (χ2v) is 5.54. The lowest BCUT2D eigenvalue weighted by atomic mass is 10.0. The van der Waals surface area contributed by atoms with Crippen molar-refractivity contribution in [1.29, 1.82) is 0 Å². The van der Waals surface area contributed by atoms with Crippen LogP contribution in [0.5, 0.6) is 0 Å². The van der Waals surface area contributed by atoms with Crippen LogP contribution in [0.1, 0.15) is 24.8 Å². The second kappa shape index (κ2) is 6.70. The Bertz CT molecular complexity index is 610. The molecular formula is C16H20N4O2. The molecule has 22 heavy (non-hydrogen) atoms. The highest BCUT2D eigenvalue weighted by molar-refractivity contribution is 5.73. The van der Waals surface area contributed by atoms with E-state index in [0.29, 0.717) is 6.54 Å². The number of methoxy groups -OCH3 is 1. The van der Waals surface area contributed by atoms with Gasteiger partial charge in [0.25, 0.3) is 0 Å². The topological polar surface area (TPSA) is 69.0 Å². The zero-order chi connectivity index (χ0) is 15.4. The van der Waals surface area contributed by atoms with E-state index in [1.807, 2.05) is 29.1 Å². The van der Waals surface area contributed by atoms with E-state index >= 15 is 0 Å². The van der Waals surface area contributed by atoms with E-state index in [1.165, 1.54) is 7.11 Å². The van der Waals surface area contributed by atoms with Gasteiger partial charge < -0.3 is 10.1 Å². The average Bonchev–Trinajstić information content (AvgIpc) is 3.24. The van der Waals surface area contributed by atoms with Gasteiger partial charge in [0, 0.05) is 31.2 Å². The molecule has 1 fully saturated rings. The third kappa shape index (κ3) is 3.17. The van der Waals surface area contributed by atoms with Crippen molar-refractivity contribution in [3.05, 3.63) is 42.6 Å². The van der Waals surface area contributed by atoms with E-state index in [2.05, 4.69) is 15.3 Å². The lowest BCUT2D eigenvalue weighted by Gasteiger charge is -2.19. The fourth-order valence-corrected chi connectivity index (χ4v) is 2.96. The standard InChI is InChI=1S/C16H20N4O2/c1-22-16(21)13-3-2-4-14(13)18-9-12-5-6-15(19-10-12)20-8-7-17-11-20/h5-8,10-11,13-14,18H,2-4,9H2,1H3/t13-,14-/m1/s1. The summed E-state index contributed by atoms with van der Waals surface area (Å²) in [6.07, 6.45) is 10.1. The number of carbonyl (C=O) groups excluding carboxylic acids is 1. The van der Waals surface area contributed by atoms with Crippen molar-refractivity contribution in [2.45, 2.75) is 31.8 Å². The zero-order valence-electron chi connectivity index (χ0n) is 12.6. The van der Waals surface area contributed by atoms with Gasteiger partial charge >= 0.3 is 5.97 Å². The molecule has 0 spiro atoms. The maximum absolute atomic E-state index is 11.7. The molecule has 1 aliphatic rings. The molecule has 3 rings (SSSR count). The molecule has 0 radical (unpaired) electrons. The number of ether oxygens (including phenoxy) is 1. The Balaban J connectivity index is 1.58. The van der Waals surface area contributed by atoms with E-state index in [1.54, 1.807) is 12.5 Å². The number of pyridine rings is 1. The van der Waals surface area contributed by atoms with Crippen LogP contribution >= 0.6 is 0 Å². The molecule has 0 aliphatic heterocycles. The van der Waals surface area contributed by atoms with Gasteiger partial charge in [0.2, 0.25) is 0 Å². The first-order chi connectivity index (χ1) is 10.8. The number of rotatable bonds is 5. The van der Waals surface area contributed by atoms with Crippen LogP contribution in [0.15, 0.2) is 37.1 Å². The summed E-state index contributed by atoms with van der Waals surface area (Å²) in [7, 11) is 1.45. The molecule has 0 unspecified atom stereocenters. The van der Waals surface area contributed by atoms with E-state index in [0.717, 1.165) is 30.6 Å². The summed E-state index contributed by atoms with van der Waals surface area (Å²) >= 11 is 0. The number of nitrogens with one attached hydrogen (secondary N) is 1. The molecule has 1 N–H and O–H groups in total. The normalized spacial score (nSPS) is 21.0. The number of hydrogen-bond donors (Lipinski definition) is 1. The Morgan fingerprint density at radius 2 is 2.36 bits per heavy atom. The van der Waals surface area contributed by atoms with Gasteiger partial charge in [-0.3, -0.25) is 9.36 Å². The first kappa shape index (κ1) is 14.7. The van der Waals surface area contributed by atoms with Gasteiger partial charge in [-0.25, -0.2) is 9.97 Å². The first-order valence-corrected chi connectivity index (χ1v) is 7.52. The minimum atomic E-state index is -0.108. The molecule has 0 bridgehead atoms. The molecule has 6 nitrogen and oxygen atoms in total. The highest BCUT2D eigenvalue weighted by atomic mass is 16.5. The Labute approximate surface area is 129 Å². The lowest BCUT2D eigenvalue weighted by Crippen LogP contribution is -2.36. The van der Waals surface area contributed by atoms with E-state index < -0.39 is 0 Å². The number of imidazole rings is 1. The Kier molecular flexibility index (Phi) is 4.48. The molecule has 2 aromatic heterocycles. The van der Waals surface area contributed by atoms with Gasteiger partial charge in [0.1, 0.15) is 12.1 Å². The van der Waals surface area contributed by atoms with E-state index in [-0.39, 0.29) is 17.9 Å². The summed E-state index contributed by atoms with van der Waals surface area (Å²) in [6, 6.07) is 4.20. The third-order valence-electron chi connectivity index (χ3n) is 4.17. The summed E-state index contributed by atoms with van der Waals surface area (Å²) in [5.41, 5.74) is 1.10. The van der Waals surface area contributed by atoms with Crippen molar-refractivity contribution in [3.8, 4) is 5.82 Å². The van der Waals surface area contributed by atoms with E-state index in [9.17, 15) is 4.79 Å². The number of carbonyl (C=O) groups is 1. The van der Waals surface area contributed by atoms with Crippen LogP contribution in [0.4, 0.5) is 0 Å². The predicted molar refractivity (Wildman–Crippen MR) is 81.3 cm³/mol. The zero-order valence-corrected chi connectivity index (χ0v) is 12.6. The smallest absolute Gasteiger partial charge is 0.310 e. The van der Waals surface area contributed by atoms with Gasteiger partial charge in [-0.2, -0.15) is 0 Å². The molecule has 0 aromatic carbocycles. The molecule has 0 saturated heterocycles. The van der Waals surface area contributed by atoms with Gasteiger partial charge in [0.05, 0.1) is 13.0 Å². The fraction of sp³-hybridized carbons (Fsp3) is 0.438. The minimum Gasteiger partial charge on any atom is -0.469 e. The van der Waals surface area contributed by atoms with Crippen molar-refractivity contribution >= 4 is 5.97 Å². The van der Waals surface area contributed by atoms with Crippen molar-refractivity contribution in [1.82, 2.24) is 19.9 Å². The molecular weight excluding hydrogens is 280 g/mol. The quantitative estimate of drug-likeness (QED) is 0.851. The summed E-state index contributed by atoms with van der Waals surface area (Å²) in [4.78, 5) is 20.2. The van der Waals surface area contributed by atoms with Crippen LogP contribution in [-0.2, 0) is 16.1 Å². The Morgan fingerprint density at radius 3 is 3.05 bits per heavy atom.